The van der Waals surface area contributed by atoms with E-state index in [0.717, 1.165) is 19.3 Å². The minimum absolute atomic E-state index is 0.253. The van der Waals surface area contributed by atoms with Crippen LogP contribution < -0.4 is 4.90 Å². The van der Waals surface area contributed by atoms with Crippen LogP contribution in [0, 0.1) is 5.82 Å². The number of hydrogen-bond donors (Lipinski definition) is 0. The first kappa shape index (κ1) is 15.8. The number of benzene rings is 1. The minimum Gasteiger partial charge on any atom is -0.366 e. The van der Waals surface area contributed by atoms with Crippen LogP contribution in [0.2, 0.25) is 0 Å². The highest BCUT2D eigenvalue weighted by Crippen LogP contribution is 2.20. The molecule has 0 radical (unpaired) electrons. The van der Waals surface area contributed by atoms with Crippen LogP contribution in [0.3, 0.4) is 0 Å². The summed E-state index contributed by atoms with van der Waals surface area (Å²) in [7, 11) is 0. The van der Waals surface area contributed by atoms with Gasteiger partial charge in [0.05, 0.1) is 5.69 Å². The Kier molecular flexibility index (Phi) is 4.79. The van der Waals surface area contributed by atoms with Gasteiger partial charge in [-0.2, -0.15) is 0 Å². The summed E-state index contributed by atoms with van der Waals surface area (Å²) in [6.45, 7) is 3.35. The SMILES string of the molecule is O=C(C(=O)N1CCN(c2ccccc2F)CC1)N1CCCCC1. The number of rotatable bonds is 1. The van der Waals surface area contributed by atoms with E-state index >= 15 is 0 Å². The standard InChI is InChI=1S/C17H22FN3O2/c18-14-6-2-3-7-15(14)19-10-12-21(13-11-19)17(23)16(22)20-8-4-1-5-9-20/h2-3,6-7H,1,4-5,8-13H2. The van der Waals surface area contributed by atoms with Crippen LogP contribution >= 0.6 is 0 Å². The van der Waals surface area contributed by atoms with E-state index in [4.69, 9.17) is 0 Å². The zero-order chi connectivity index (χ0) is 16.2. The van der Waals surface area contributed by atoms with E-state index in [-0.39, 0.29) is 11.7 Å². The van der Waals surface area contributed by atoms with Crippen LogP contribution in [0.5, 0.6) is 0 Å². The van der Waals surface area contributed by atoms with E-state index in [1.165, 1.54) is 6.07 Å². The third-order valence-corrected chi connectivity index (χ3v) is 4.59. The monoisotopic (exact) mass is 319 g/mol. The molecule has 2 saturated heterocycles. The molecule has 23 heavy (non-hydrogen) atoms. The number of carbonyl (C=O) groups excluding carboxylic acids is 2. The van der Waals surface area contributed by atoms with Gasteiger partial charge in [0.2, 0.25) is 0 Å². The van der Waals surface area contributed by atoms with Crippen LogP contribution in [-0.2, 0) is 9.59 Å². The summed E-state index contributed by atoms with van der Waals surface area (Å²) < 4.78 is 13.8. The van der Waals surface area contributed by atoms with Crippen molar-refractivity contribution in [1.82, 2.24) is 9.80 Å². The largest absolute Gasteiger partial charge is 0.366 e. The summed E-state index contributed by atoms with van der Waals surface area (Å²) in [4.78, 5) is 29.8. The number of likely N-dealkylation sites (tertiary alicyclic amines) is 1. The van der Waals surface area contributed by atoms with Gasteiger partial charge in [0.15, 0.2) is 0 Å². The molecule has 2 aliphatic rings. The van der Waals surface area contributed by atoms with Gasteiger partial charge >= 0.3 is 11.8 Å². The maximum Gasteiger partial charge on any atom is 0.312 e. The van der Waals surface area contributed by atoms with Gasteiger partial charge in [0, 0.05) is 39.3 Å². The highest BCUT2D eigenvalue weighted by atomic mass is 19.1. The molecule has 2 aliphatic heterocycles. The average Bonchev–Trinajstić information content (AvgIpc) is 2.62. The zero-order valence-corrected chi connectivity index (χ0v) is 13.2. The molecule has 3 rings (SSSR count). The van der Waals surface area contributed by atoms with E-state index in [9.17, 15) is 14.0 Å². The smallest absolute Gasteiger partial charge is 0.312 e. The average molecular weight is 319 g/mol. The van der Waals surface area contributed by atoms with Gasteiger partial charge in [-0.15, -0.1) is 0 Å². The van der Waals surface area contributed by atoms with E-state index in [1.807, 2.05) is 4.90 Å². The maximum absolute atomic E-state index is 13.8. The molecule has 0 unspecified atom stereocenters. The van der Waals surface area contributed by atoms with Crippen molar-refractivity contribution in [2.75, 3.05) is 44.2 Å². The van der Waals surface area contributed by atoms with Gasteiger partial charge < -0.3 is 14.7 Å². The lowest BCUT2D eigenvalue weighted by Crippen LogP contribution is -2.54. The molecule has 2 amide bonds. The summed E-state index contributed by atoms with van der Waals surface area (Å²) in [6.07, 6.45) is 3.07. The predicted octanol–water partition coefficient (Wildman–Crippen LogP) is 1.49. The molecule has 0 saturated carbocycles. The highest BCUT2D eigenvalue weighted by Gasteiger charge is 2.30. The van der Waals surface area contributed by atoms with Gasteiger partial charge in [0.25, 0.3) is 0 Å². The Morgan fingerprint density at radius 1 is 0.783 bits per heavy atom. The van der Waals surface area contributed by atoms with Gasteiger partial charge in [-0.05, 0) is 31.4 Å². The second-order valence-corrected chi connectivity index (χ2v) is 6.08. The molecule has 0 bridgehead atoms. The number of amides is 2. The predicted molar refractivity (Wildman–Crippen MR) is 85.6 cm³/mol. The van der Waals surface area contributed by atoms with Gasteiger partial charge in [-0.3, -0.25) is 9.59 Å². The Balaban J connectivity index is 1.57. The molecule has 5 nitrogen and oxygen atoms in total. The molecular weight excluding hydrogens is 297 g/mol. The molecule has 1 aromatic carbocycles. The van der Waals surface area contributed by atoms with Gasteiger partial charge in [0.1, 0.15) is 5.82 Å². The molecular formula is C17H22FN3O2. The first-order valence-electron chi connectivity index (χ1n) is 8.24. The van der Waals surface area contributed by atoms with Crippen LogP contribution in [0.25, 0.3) is 0 Å². The first-order chi connectivity index (χ1) is 11.2. The molecule has 0 spiro atoms. The van der Waals surface area contributed by atoms with E-state index in [0.29, 0.717) is 45.0 Å². The molecule has 6 heteroatoms. The number of carbonyl (C=O) groups is 2. The van der Waals surface area contributed by atoms with E-state index in [1.54, 1.807) is 28.0 Å². The van der Waals surface area contributed by atoms with Crippen molar-refractivity contribution >= 4 is 17.5 Å². The molecule has 124 valence electrons. The van der Waals surface area contributed by atoms with Crippen molar-refractivity contribution in [3.05, 3.63) is 30.1 Å². The highest BCUT2D eigenvalue weighted by molar-refractivity contribution is 6.34. The summed E-state index contributed by atoms with van der Waals surface area (Å²) in [5.74, 6) is -1.05. The summed E-state index contributed by atoms with van der Waals surface area (Å²) in [6, 6.07) is 6.64. The normalized spacial score (nSPS) is 18.9. The van der Waals surface area contributed by atoms with Crippen molar-refractivity contribution < 1.29 is 14.0 Å². The number of hydrogen-bond acceptors (Lipinski definition) is 3. The Morgan fingerprint density at radius 3 is 1.96 bits per heavy atom. The van der Waals surface area contributed by atoms with Crippen LogP contribution in [0.1, 0.15) is 19.3 Å². The summed E-state index contributed by atoms with van der Waals surface area (Å²) in [5.41, 5.74) is 0.557. The minimum atomic E-state index is -0.417. The van der Waals surface area contributed by atoms with E-state index < -0.39 is 5.91 Å². The quantitative estimate of drug-likeness (QED) is 0.737. The lowest BCUT2D eigenvalue weighted by molar-refractivity contribution is -0.152. The Hall–Kier alpha value is -2.11. The fourth-order valence-corrected chi connectivity index (χ4v) is 3.23. The number of piperidine rings is 1. The van der Waals surface area contributed by atoms with Crippen molar-refractivity contribution in [1.29, 1.82) is 0 Å². The fourth-order valence-electron chi connectivity index (χ4n) is 3.23. The Labute approximate surface area is 135 Å². The zero-order valence-electron chi connectivity index (χ0n) is 13.2. The van der Waals surface area contributed by atoms with Gasteiger partial charge in [-0.1, -0.05) is 12.1 Å². The second-order valence-electron chi connectivity index (χ2n) is 6.08. The third-order valence-electron chi connectivity index (χ3n) is 4.59. The third kappa shape index (κ3) is 3.46. The fraction of sp³-hybridized carbons (Fsp3) is 0.529. The molecule has 2 fully saturated rings. The number of para-hydroxylation sites is 1. The number of anilines is 1. The Bertz CT molecular complexity index is 579. The molecule has 1 aromatic rings. The van der Waals surface area contributed by atoms with Crippen molar-refractivity contribution in [2.45, 2.75) is 19.3 Å². The van der Waals surface area contributed by atoms with Crippen LogP contribution in [0.15, 0.2) is 24.3 Å². The van der Waals surface area contributed by atoms with Crippen LogP contribution in [0.4, 0.5) is 10.1 Å². The lowest BCUT2D eigenvalue weighted by Gasteiger charge is -2.37. The molecule has 0 atom stereocenters. The summed E-state index contributed by atoms with van der Waals surface area (Å²) in [5, 5.41) is 0. The number of halogens is 1. The Morgan fingerprint density at radius 2 is 1.35 bits per heavy atom. The van der Waals surface area contributed by atoms with Crippen molar-refractivity contribution in [3.63, 3.8) is 0 Å². The molecule has 0 aromatic heterocycles. The van der Waals surface area contributed by atoms with Crippen molar-refractivity contribution in [3.8, 4) is 0 Å². The molecule has 0 N–H and O–H groups in total. The van der Waals surface area contributed by atoms with Crippen molar-refractivity contribution in [2.24, 2.45) is 0 Å². The maximum atomic E-state index is 13.8. The topological polar surface area (TPSA) is 43.9 Å². The second kappa shape index (κ2) is 6.98. The van der Waals surface area contributed by atoms with Gasteiger partial charge in [-0.25, -0.2) is 4.39 Å². The molecule has 2 heterocycles. The lowest BCUT2D eigenvalue weighted by atomic mass is 10.1. The number of piperazine rings is 1. The van der Waals surface area contributed by atoms with Crippen LogP contribution in [-0.4, -0.2) is 60.9 Å². The molecule has 0 aliphatic carbocycles. The first-order valence-corrected chi connectivity index (χ1v) is 8.24. The number of nitrogens with zero attached hydrogens (tertiary/aromatic N) is 3. The summed E-state index contributed by atoms with van der Waals surface area (Å²) >= 11 is 0. The van der Waals surface area contributed by atoms with E-state index in [2.05, 4.69) is 0 Å².